The fourth-order valence-electron chi connectivity index (χ4n) is 3.66. The Hall–Kier alpha value is -4.01. The average molecular weight is 512 g/mol. The quantitative estimate of drug-likeness (QED) is 0.202. The number of hydrogen-bond donors (Lipinski definition) is 5. The van der Waals surface area contributed by atoms with Gasteiger partial charge in [0.05, 0.1) is 11.9 Å². The molecule has 0 bridgehead atoms. The lowest BCUT2D eigenvalue weighted by atomic mass is 10.3. The van der Waals surface area contributed by atoms with Crippen LogP contribution in [0.15, 0.2) is 40.2 Å². The molecular formula is C21H28F3N9O3. The summed E-state index contributed by atoms with van der Waals surface area (Å²) < 4.78 is 41.6. The van der Waals surface area contributed by atoms with E-state index < -0.39 is 23.7 Å². The predicted octanol–water partition coefficient (Wildman–Crippen LogP) is 1.49. The zero-order valence-electron chi connectivity index (χ0n) is 19.3. The number of rotatable bonds is 8. The molecule has 0 saturated carbocycles. The summed E-state index contributed by atoms with van der Waals surface area (Å²) in [6.45, 7) is 4.24. The number of amides is 2. The van der Waals surface area contributed by atoms with E-state index in [1.54, 1.807) is 0 Å². The summed E-state index contributed by atoms with van der Waals surface area (Å²) in [5.74, 6) is -0.672. The van der Waals surface area contributed by atoms with E-state index in [1.165, 1.54) is 24.4 Å². The van der Waals surface area contributed by atoms with E-state index in [4.69, 9.17) is 11.5 Å². The fraction of sp³-hybridized carbons (Fsp3) is 0.429. The Morgan fingerprint density at radius 1 is 1.17 bits per heavy atom. The second-order valence-electron chi connectivity index (χ2n) is 7.91. The van der Waals surface area contributed by atoms with E-state index in [9.17, 15) is 22.8 Å². The number of aliphatic imine (C=N–C) groups is 1. The van der Waals surface area contributed by atoms with Crippen LogP contribution < -0.4 is 37.3 Å². The van der Waals surface area contributed by atoms with Crippen molar-refractivity contribution in [3.05, 3.63) is 40.8 Å². The normalized spacial score (nSPS) is 14.6. The molecule has 15 heteroatoms. The molecule has 196 valence electrons. The summed E-state index contributed by atoms with van der Waals surface area (Å²) in [6, 6.07) is 4.15. The number of carbonyl (C=O) groups is 1. The first-order valence-corrected chi connectivity index (χ1v) is 11.2. The van der Waals surface area contributed by atoms with Gasteiger partial charge in [-0.1, -0.05) is 12.1 Å². The Balaban J connectivity index is 1.56. The molecule has 0 aliphatic carbocycles. The van der Waals surface area contributed by atoms with Crippen molar-refractivity contribution in [2.45, 2.75) is 19.2 Å². The van der Waals surface area contributed by atoms with Gasteiger partial charge in [-0.15, -0.1) is 13.2 Å². The maximum Gasteiger partial charge on any atom is 0.573 e. The highest BCUT2D eigenvalue weighted by Gasteiger charge is 2.32. The molecule has 3 rings (SSSR count). The number of halogens is 3. The molecule has 1 aliphatic rings. The molecule has 0 spiro atoms. The van der Waals surface area contributed by atoms with Crippen LogP contribution in [0.4, 0.5) is 35.3 Å². The number of benzene rings is 1. The minimum absolute atomic E-state index is 0.0690. The van der Waals surface area contributed by atoms with E-state index in [0.717, 1.165) is 38.5 Å². The number of nitrogens with zero attached hydrogens (tertiary/aromatic N) is 4. The Morgan fingerprint density at radius 2 is 1.94 bits per heavy atom. The van der Waals surface area contributed by atoms with Crippen molar-refractivity contribution in [2.24, 2.45) is 16.5 Å². The number of urea groups is 1. The number of aromatic nitrogens is 2. The Labute approximate surface area is 204 Å². The minimum Gasteiger partial charge on any atom is -0.404 e. The van der Waals surface area contributed by atoms with E-state index >= 15 is 0 Å². The van der Waals surface area contributed by atoms with Gasteiger partial charge in [0.25, 0.3) is 5.56 Å². The number of anilines is 3. The number of nitrogens with one attached hydrogen (secondary N) is 3. The summed E-state index contributed by atoms with van der Waals surface area (Å²) in [5.41, 5.74) is 10.4. The van der Waals surface area contributed by atoms with Gasteiger partial charge >= 0.3 is 12.4 Å². The highest BCUT2D eigenvalue weighted by molar-refractivity contribution is 5.99. The highest BCUT2D eigenvalue weighted by Crippen LogP contribution is 2.29. The van der Waals surface area contributed by atoms with Gasteiger partial charge in [-0.2, -0.15) is 0 Å². The Bertz CT molecular complexity index is 1120. The van der Waals surface area contributed by atoms with Crippen molar-refractivity contribution in [3.8, 4) is 5.75 Å². The second-order valence-corrected chi connectivity index (χ2v) is 7.91. The van der Waals surface area contributed by atoms with E-state index in [1.807, 2.05) is 4.90 Å². The largest absolute Gasteiger partial charge is 0.573 e. The number of guanidine groups is 1. The number of carbonyl (C=O) groups excluding carboxylic acids is 1. The molecular weight excluding hydrogens is 483 g/mol. The number of para-hydroxylation sites is 2. The van der Waals surface area contributed by atoms with E-state index in [2.05, 4.69) is 35.2 Å². The standard InChI is InChI=1S/C21H28F3N9O3/c22-21(23,24)36-16-6-2-1-5-14(16)29-20(35)31-19-28-13-15(17(34)30-19)33-10-4-9-32(11-12-33)8-3-7-27-18(25)26/h1-2,5-6,13H,3-4,7-12H2,(H4,25,26,27)(H3,28,29,30,31,34,35). The van der Waals surface area contributed by atoms with Crippen molar-refractivity contribution < 1.29 is 22.7 Å². The topological polar surface area (TPSA) is 167 Å². The molecule has 1 aromatic carbocycles. The van der Waals surface area contributed by atoms with Crippen molar-refractivity contribution in [2.75, 3.05) is 54.8 Å². The lowest BCUT2D eigenvalue weighted by Crippen LogP contribution is -2.34. The third kappa shape index (κ3) is 8.33. The molecule has 1 aromatic heterocycles. The van der Waals surface area contributed by atoms with Gasteiger partial charge in [-0.3, -0.25) is 20.1 Å². The molecule has 1 saturated heterocycles. The van der Waals surface area contributed by atoms with Gasteiger partial charge in [0.2, 0.25) is 5.95 Å². The number of aromatic amines is 1. The molecule has 0 atom stereocenters. The summed E-state index contributed by atoms with van der Waals surface area (Å²) in [7, 11) is 0. The fourth-order valence-corrected chi connectivity index (χ4v) is 3.66. The minimum atomic E-state index is -4.92. The summed E-state index contributed by atoms with van der Waals surface area (Å²) >= 11 is 0. The molecule has 2 heterocycles. The van der Waals surface area contributed by atoms with Crippen LogP contribution in [0.5, 0.6) is 5.75 Å². The molecule has 12 nitrogen and oxygen atoms in total. The summed E-state index contributed by atoms with van der Waals surface area (Å²) in [4.78, 5) is 39.6. The molecule has 2 amide bonds. The van der Waals surface area contributed by atoms with Crippen molar-refractivity contribution in [1.82, 2.24) is 14.9 Å². The van der Waals surface area contributed by atoms with E-state index in [0.29, 0.717) is 25.3 Å². The van der Waals surface area contributed by atoms with E-state index in [-0.39, 0.29) is 17.6 Å². The molecule has 2 aromatic rings. The molecule has 0 radical (unpaired) electrons. The van der Waals surface area contributed by atoms with Crippen molar-refractivity contribution >= 4 is 29.3 Å². The smallest absolute Gasteiger partial charge is 0.404 e. The maximum absolute atomic E-state index is 12.7. The monoisotopic (exact) mass is 511 g/mol. The third-order valence-electron chi connectivity index (χ3n) is 5.23. The van der Waals surface area contributed by atoms with Gasteiger partial charge in [-0.05, 0) is 38.1 Å². The van der Waals surface area contributed by atoms with Crippen LogP contribution in [0.3, 0.4) is 0 Å². The lowest BCUT2D eigenvalue weighted by molar-refractivity contribution is -0.274. The molecule has 1 aliphatic heterocycles. The first kappa shape index (κ1) is 26.6. The van der Waals surface area contributed by atoms with Gasteiger partial charge in [0, 0.05) is 26.2 Å². The molecule has 1 fully saturated rings. The zero-order chi connectivity index (χ0) is 26.1. The third-order valence-corrected chi connectivity index (χ3v) is 5.23. The SMILES string of the molecule is NC(N)=NCCCN1CCCN(c2cnc(NC(=O)Nc3ccccc3OC(F)(F)F)[nH]c2=O)CC1. The van der Waals surface area contributed by atoms with Crippen LogP contribution in [-0.2, 0) is 0 Å². The Kier molecular flexibility index (Phi) is 8.94. The van der Waals surface area contributed by atoms with Crippen LogP contribution in [0.25, 0.3) is 0 Å². The number of ether oxygens (including phenoxy) is 1. The average Bonchev–Trinajstić information content (AvgIpc) is 3.03. The number of H-pyrrole nitrogens is 1. The van der Waals surface area contributed by atoms with Gasteiger partial charge in [0.1, 0.15) is 5.69 Å². The predicted molar refractivity (Wildman–Crippen MR) is 129 cm³/mol. The number of alkyl halides is 3. The zero-order valence-corrected chi connectivity index (χ0v) is 19.3. The van der Waals surface area contributed by atoms with Gasteiger partial charge in [-0.25, -0.2) is 9.78 Å². The summed E-state index contributed by atoms with van der Waals surface area (Å²) in [5, 5.41) is 4.54. The van der Waals surface area contributed by atoms with Crippen LogP contribution in [0.1, 0.15) is 12.8 Å². The first-order chi connectivity index (χ1) is 17.1. The highest BCUT2D eigenvalue weighted by atomic mass is 19.4. The van der Waals surface area contributed by atoms with Crippen LogP contribution in [-0.4, -0.2) is 72.5 Å². The molecule has 36 heavy (non-hydrogen) atoms. The van der Waals surface area contributed by atoms with Crippen LogP contribution >= 0.6 is 0 Å². The van der Waals surface area contributed by atoms with Crippen LogP contribution in [0, 0.1) is 0 Å². The van der Waals surface area contributed by atoms with Gasteiger partial charge < -0.3 is 31.3 Å². The van der Waals surface area contributed by atoms with Crippen molar-refractivity contribution in [3.63, 3.8) is 0 Å². The maximum atomic E-state index is 12.7. The Morgan fingerprint density at radius 3 is 2.67 bits per heavy atom. The van der Waals surface area contributed by atoms with Crippen LogP contribution in [0.2, 0.25) is 0 Å². The molecule has 0 unspecified atom stereocenters. The molecule has 7 N–H and O–H groups in total. The number of hydrogen-bond acceptors (Lipinski definition) is 7. The first-order valence-electron chi connectivity index (χ1n) is 11.2. The second kappa shape index (κ2) is 12.1. The lowest BCUT2D eigenvalue weighted by Gasteiger charge is -2.22. The number of nitrogens with two attached hydrogens (primary N) is 2. The van der Waals surface area contributed by atoms with Gasteiger partial charge in [0.15, 0.2) is 11.7 Å². The van der Waals surface area contributed by atoms with Crippen molar-refractivity contribution in [1.29, 1.82) is 0 Å². The summed E-state index contributed by atoms with van der Waals surface area (Å²) in [6.07, 6.45) is -1.92.